The number of nitrogens with zero attached hydrogens (tertiary/aromatic N) is 3. The van der Waals surface area contributed by atoms with Crippen molar-refractivity contribution in [1.82, 2.24) is 9.88 Å². The van der Waals surface area contributed by atoms with Gasteiger partial charge < -0.3 is 10.6 Å². The van der Waals surface area contributed by atoms with Crippen LogP contribution in [-0.4, -0.2) is 54.3 Å². The lowest BCUT2D eigenvalue weighted by Gasteiger charge is -2.25. The summed E-state index contributed by atoms with van der Waals surface area (Å²) in [4.78, 5) is 32.3. The molecule has 0 saturated carbocycles. The molecule has 1 unspecified atom stereocenters. The first kappa shape index (κ1) is 20.5. The summed E-state index contributed by atoms with van der Waals surface area (Å²) in [6.45, 7) is 2.53. The molecule has 0 bridgehead atoms. The molecule has 3 N–H and O–H groups in total. The van der Waals surface area contributed by atoms with Gasteiger partial charge in [0.2, 0.25) is 5.91 Å². The Morgan fingerprint density at radius 2 is 2.24 bits per heavy atom. The Bertz CT molecular complexity index is 952. The predicted molar refractivity (Wildman–Crippen MR) is 118 cm³/mol. The maximum Gasteiger partial charge on any atom is 0.328 e. The minimum Gasteiger partial charge on any atom is -0.370 e. The molecule has 0 radical (unpaired) electrons. The molecule has 1 saturated heterocycles. The van der Waals surface area contributed by atoms with Crippen LogP contribution in [0.25, 0.3) is 0 Å². The molecule has 0 aliphatic carbocycles. The Kier molecular flexibility index (Phi) is 5.74. The molecule has 1 aromatic heterocycles. The van der Waals surface area contributed by atoms with E-state index >= 15 is 0 Å². The van der Waals surface area contributed by atoms with Crippen molar-refractivity contribution < 1.29 is 9.59 Å². The molecule has 2 aliphatic rings. The molecule has 1 atom stereocenters. The molecule has 4 rings (SSSR count). The second-order valence-electron chi connectivity index (χ2n) is 7.50. The van der Waals surface area contributed by atoms with Gasteiger partial charge in [0.05, 0.1) is 10.4 Å². The largest absolute Gasteiger partial charge is 0.370 e. The number of nitrogens with one attached hydrogen (secondary N) is 1. The maximum absolute atomic E-state index is 13.1. The number of nitrogens with two attached hydrogens (primary N) is 1. The molecule has 154 valence electrons. The minimum atomic E-state index is -0.324. The highest BCUT2D eigenvalue weighted by molar-refractivity contribution is 8.01. The second kappa shape index (κ2) is 8.14. The number of fused-ring (bicyclic) bond motifs is 2. The van der Waals surface area contributed by atoms with Crippen molar-refractivity contribution >= 4 is 57.5 Å². The van der Waals surface area contributed by atoms with Crippen LogP contribution in [0.2, 0.25) is 5.02 Å². The van der Waals surface area contributed by atoms with E-state index in [-0.39, 0.29) is 17.4 Å². The van der Waals surface area contributed by atoms with Crippen molar-refractivity contribution in [3.63, 3.8) is 0 Å². The van der Waals surface area contributed by atoms with Gasteiger partial charge in [-0.25, -0.2) is 9.78 Å². The van der Waals surface area contributed by atoms with Crippen LogP contribution < -0.4 is 16.0 Å². The monoisotopic (exact) mass is 451 g/mol. The van der Waals surface area contributed by atoms with Crippen LogP contribution in [0.4, 0.5) is 15.6 Å². The summed E-state index contributed by atoms with van der Waals surface area (Å²) < 4.78 is 0.934. The zero-order chi connectivity index (χ0) is 20.6. The van der Waals surface area contributed by atoms with Crippen molar-refractivity contribution in [3.8, 4) is 0 Å². The van der Waals surface area contributed by atoms with Crippen molar-refractivity contribution in [1.29, 1.82) is 0 Å². The number of likely N-dealkylation sites (N-methyl/N-ethyl adjacent to an activating group) is 1. The molecule has 1 spiro atoms. The highest BCUT2D eigenvalue weighted by Crippen LogP contribution is 2.47. The number of anilines is 2. The number of amides is 3. The summed E-state index contributed by atoms with van der Waals surface area (Å²) in [5.74, 6) is 0.274. The van der Waals surface area contributed by atoms with E-state index < -0.39 is 0 Å². The highest BCUT2D eigenvalue weighted by atomic mass is 35.5. The van der Waals surface area contributed by atoms with Crippen LogP contribution in [0.3, 0.4) is 0 Å². The van der Waals surface area contributed by atoms with Gasteiger partial charge in [-0.1, -0.05) is 22.9 Å². The number of rotatable bonds is 5. The van der Waals surface area contributed by atoms with E-state index in [2.05, 4.69) is 22.2 Å². The number of hydrogen-bond acceptors (Lipinski definition) is 6. The molecule has 1 fully saturated rings. The van der Waals surface area contributed by atoms with Crippen LogP contribution in [0.1, 0.15) is 18.4 Å². The van der Waals surface area contributed by atoms with E-state index in [0.717, 1.165) is 35.0 Å². The van der Waals surface area contributed by atoms with Gasteiger partial charge in [0, 0.05) is 41.4 Å². The number of thiazole rings is 1. The Morgan fingerprint density at radius 1 is 1.41 bits per heavy atom. The van der Waals surface area contributed by atoms with E-state index in [1.54, 1.807) is 11.1 Å². The van der Waals surface area contributed by atoms with Crippen molar-refractivity contribution in [3.05, 3.63) is 35.0 Å². The van der Waals surface area contributed by atoms with Crippen LogP contribution in [0, 0.1) is 0 Å². The molecular weight excluding hydrogens is 430 g/mol. The van der Waals surface area contributed by atoms with Crippen molar-refractivity contribution in [2.24, 2.45) is 5.73 Å². The number of carbonyl (C=O) groups excluding carboxylic acids is 2. The van der Waals surface area contributed by atoms with E-state index in [4.69, 9.17) is 17.3 Å². The average molecular weight is 452 g/mol. The zero-order valence-electron chi connectivity index (χ0n) is 16.0. The number of hydrogen-bond donors (Lipinski definition) is 2. The Morgan fingerprint density at radius 3 is 2.97 bits per heavy atom. The quantitative estimate of drug-likeness (QED) is 0.680. The number of primary amides is 1. The minimum absolute atomic E-state index is 0.0784. The van der Waals surface area contributed by atoms with Crippen LogP contribution in [0.15, 0.2) is 28.6 Å². The van der Waals surface area contributed by atoms with Crippen molar-refractivity contribution in [2.75, 3.05) is 42.7 Å². The fraction of sp³-hybridized carbons (Fsp3) is 0.421. The van der Waals surface area contributed by atoms with Gasteiger partial charge >= 0.3 is 6.03 Å². The van der Waals surface area contributed by atoms with E-state index in [1.165, 1.54) is 23.1 Å². The molecule has 3 amide bonds. The highest BCUT2D eigenvalue weighted by Gasteiger charge is 2.48. The fourth-order valence-corrected chi connectivity index (χ4v) is 6.11. The summed E-state index contributed by atoms with van der Waals surface area (Å²) in [6, 6.07) is 5.57. The summed E-state index contributed by atoms with van der Waals surface area (Å²) in [6.07, 6.45) is 3.02. The van der Waals surface area contributed by atoms with E-state index in [9.17, 15) is 9.59 Å². The fourth-order valence-electron chi connectivity index (χ4n) is 4.05. The summed E-state index contributed by atoms with van der Waals surface area (Å²) in [5, 5.41) is 4.15. The molecule has 10 heteroatoms. The number of aromatic nitrogens is 1. The standard InChI is InChI=1S/C19H22ClN5O2S2/c1-24-6-5-19(10-24)11-25(14-3-2-12(20)8-13(14)19)18(27)23-17-22-9-16(29-17)28-7-4-15(21)26/h2-3,8-9H,4-7,10-11H2,1H3,(H2,21,26)(H,22,23,27). The Labute approximate surface area is 182 Å². The summed E-state index contributed by atoms with van der Waals surface area (Å²) in [7, 11) is 2.11. The zero-order valence-corrected chi connectivity index (χ0v) is 18.4. The molecule has 29 heavy (non-hydrogen) atoms. The molecule has 1 aromatic carbocycles. The average Bonchev–Trinajstić information content (AvgIpc) is 3.34. The lowest BCUT2D eigenvalue weighted by Crippen LogP contribution is -2.40. The van der Waals surface area contributed by atoms with E-state index in [1.807, 2.05) is 18.2 Å². The normalized spacial score (nSPS) is 21.0. The maximum atomic E-state index is 13.1. The molecule has 7 nitrogen and oxygen atoms in total. The second-order valence-corrected chi connectivity index (χ2v) is 10.4. The van der Waals surface area contributed by atoms with Gasteiger partial charge in [-0.3, -0.25) is 15.0 Å². The third-order valence-electron chi connectivity index (χ3n) is 5.36. The number of benzene rings is 1. The van der Waals surface area contributed by atoms with Crippen LogP contribution in [0.5, 0.6) is 0 Å². The summed E-state index contributed by atoms with van der Waals surface area (Å²) in [5.41, 5.74) is 7.14. The summed E-state index contributed by atoms with van der Waals surface area (Å²) >= 11 is 9.17. The van der Waals surface area contributed by atoms with Crippen molar-refractivity contribution in [2.45, 2.75) is 22.5 Å². The first-order valence-corrected chi connectivity index (χ1v) is 11.5. The molecule has 2 aromatic rings. The SMILES string of the molecule is CN1CCC2(C1)CN(C(=O)Nc1ncc(SCCC(N)=O)s1)c1ccc(Cl)cc12. The lowest BCUT2D eigenvalue weighted by molar-refractivity contribution is -0.117. The van der Waals surface area contributed by atoms with Gasteiger partial charge in [-0.2, -0.15) is 0 Å². The first-order chi connectivity index (χ1) is 13.9. The number of halogens is 1. The smallest absolute Gasteiger partial charge is 0.328 e. The van der Waals surface area contributed by atoms with Gasteiger partial charge in [-0.05, 0) is 43.8 Å². The van der Waals surface area contributed by atoms with Gasteiger partial charge in [0.1, 0.15) is 0 Å². The van der Waals surface area contributed by atoms with E-state index in [0.29, 0.717) is 28.9 Å². The molecule has 3 heterocycles. The number of carbonyl (C=O) groups is 2. The number of likely N-dealkylation sites (tertiary alicyclic amines) is 1. The van der Waals surface area contributed by atoms with Crippen LogP contribution >= 0.6 is 34.7 Å². The van der Waals surface area contributed by atoms with Crippen LogP contribution in [-0.2, 0) is 10.2 Å². The Balaban J connectivity index is 1.48. The van der Waals surface area contributed by atoms with Gasteiger partial charge in [-0.15, -0.1) is 11.8 Å². The number of urea groups is 1. The van der Waals surface area contributed by atoms with Gasteiger partial charge in [0.25, 0.3) is 0 Å². The van der Waals surface area contributed by atoms with Gasteiger partial charge in [0.15, 0.2) is 5.13 Å². The molecular formula is C19H22ClN5O2S2. The topological polar surface area (TPSA) is 91.6 Å². The number of thioether (sulfide) groups is 1. The first-order valence-electron chi connectivity index (χ1n) is 9.30. The predicted octanol–water partition coefficient (Wildman–Crippen LogP) is 3.39. The molecule has 2 aliphatic heterocycles. The third kappa shape index (κ3) is 4.23. The Hall–Kier alpha value is -1.81. The lowest BCUT2D eigenvalue weighted by atomic mass is 9.81. The third-order valence-corrected chi connectivity index (χ3v) is 7.71.